The highest BCUT2D eigenvalue weighted by Gasteiger charge is 2.29. The average molecular weight is 359 g/mol. The number of halogens is 1. The molecule has 3 rings (SSSR count). The Balaban J connectivity index is 1.77. The first kappa shape index (κ1) is 16.5. The van der Waals surface area contributed by atoms with Crippen molar-refractivity contribution in [2.75, 3.05) is 7.11 Å². The number of hydrogen-bond donors (Lipinski definition) is 1. The normalized spacial score (nSPS) is 15.8. The monoisotopic (exact) mass is 358 g/mol. The van der Waals surface area contributed by atoms with E-state index in [1.54, 1.807) is 19.2 Å². The molecule has 122 valence electrons. The highest BCUT2D eigenvalue weighted by molar-refractivity contribution is 7.80. The molecule has 4 nitrogen and oxygen atoms in total. The first-order chi connectivity index (χ1) is 11.6. The lowest BCUT2D eigenvalue weighted by Gasteiger charge is -2.14. The lowest BCUT2D eigenvalue weighted by molar-refractivity contribution is 0.228. The maximum absolute atomic E-state index is 12.2. The Morgan fingerprint density at radius 1 is 1.17 bits per heavy atom. The zero-order chi connectivity index (χ0) is 17.1. The quantitative estimate of drug-likeness (QED) is 0.656. The Morgan fingerprint density at radius 3 is 2.46 bits per heavy atom. The molecule has 1 aliphatic heterocycles. The van der Waals surface area contributed by atoms with Crippen LogP contribution in [0.15, 0.2) is 54.2 Å². The number of benzene rings is 2. The first-order valence-corrected chi connectivity index (χ1v) is 8.08. The minimum absolute atomic E-state index is 0.227. The van der Waals surface area contributed by atoms with Crippen molar-refractivity contribution in [3.8, 4) is 5.75 Å². The molecule has 0 unspecified atom stereocenters. The van der Waals surface area contributed by atoms with Crippen molar-refractivity contribution >= 4 is 40.9 Å². The van der Waals surface area contributed by atoms with E-state index in [0.717, 1.165) is 16.9 Å². The van der Waals surface area contributed by atoms with Crippen LogP contribution in [0.1, 0.15) is 11.1 Å². The molecule has 1 N–H and O–H groups in total. The molecule has 0 aromatic heterocycles. The molecular formula is C18H15ClN2O2S. The number of thiocarbonyl (C=S) groups is 1. The lowest BCUT2D eigenvalue weighted by Crippen LogP contribution is -2.29. The molecule has 0 atom stereocenters. The van der Waals surface area contributed by atoms with Crippen molar-refractivity contribution in [1.82, 2.24) is 10.2 Å². The van der Waals surface area contributed by atoms with Crippen LogP contribution in [0, 0.1) is 0 Å². The number of nitrogens with one attached hydrogen (secondary N) is 1. The summed E-state index contributed by atoms with van der Waals surface area (Å²) in [5.74, 6) is 0.777. The molecule has 1 aliphatic rings. The Kier molecular flexibility index (Phi) is 4.83. The minimum Gasteiger partial charge on any atom is -0.497 e. The number of carbonyl (C=O) groups excluding carboxylic acids is 1. The molecule has 2 amide bonds. The summed E-state index contributed by atoms with van der Waals surface area (Å²) in [7, 11) is 1.62. The van der Waals surface area contributed by atoms with Crippen LogP contribution < -0.4 is 10.1 Å². The summed E-state index contributed by atoms with van der Waals surface area (Å²) in [6.45, 7) is 0.405. The Morgan fingerprint density at radius 2 is 1.83 bits per heavy atom. The molecule has 1 fully saturated rings. The molecular weight excluding hydrogens is 344 g/mol. The van der Waals surface area contributed by atoms with Gasteiger partial charge in [-0.1, -0.05) is 48.1 Å². The second-order valence-electron chi connectivity index (χ2n) is 5.28. The summed E-state index contributed by atoms with van der Waals surface area (Å²) in [4.78, 5) is 14.2. The van der Waals surface area contributed by atoms with Crippen LogP contribution in [0.2, 0.25) is 5.02 Å². The maximum atomic E-state index is 12.2. The number of hydrogen-bond acceptors (Lipinski definition) is 3. The minimum atomic E-state index is -0.227. The molecule has 0 aliphatic carbocycles. The van der Waals surface area contributed by atoms with Crippen LogP contribution >= 0.6 is 23.8 Å². The van der Waals surface area contributed by atoms with Crippen molar-refractivity contribution in [2.24, 2.45) is 0 Å². The van der Waals surface area contributed by atoms with Gasteiger partial charge in [0.15, 0.2) is 0 Å². The van der Waals surface area contributed by atoms with Gasteiger partial charge in [0, 0.05) is 5.02 Å². The van der Waals surface area contributed by atoms with E-state index in [4.69, 9.17) is 28.6 Å². The Labute approximate surface area is 150 Å². The highest BCUT2D eigenvalue weighted by atomic mass is 35.5. The fourth-order valence-corrected chi connectivity index (χ4v) is 2.74. The van der Waals surface area contributed by atoms with Gasteiger partial charge in [0.05, 0.1) is 19.4 Å². The lowest BCUT2D eigenvalue weighted by atomic mass is 10.2. The SMILES string of the molecule is COc1ccc(/C=C2/NC(=O)N(Cc3ccc(Cl)cc3)C2=S)cc1. The Hall–Kier alpha value is -2.37. The average Bonchev–Trinajstić information content (AvgIpc) is 2.85. The zero-order valence-corrected chi connectivity index (χ0v) is 14.5. The smallest absolute Gasteiger partial charge is 0.327 e. The fraction of sp³-hybridized carbons (Fsp3) is 0.111. The van der Waals surface area contributed by atoms with Gasteiger partial charge in [-0.05, 0) is 41.5 Å². The predicted molar refractivity (Wildman–Crippen MR) is 99.1 cm³/mol. The molecule has 0 bridgehead atoms. The Bertz CT molecular complexity index is 801. The van der Waals surface area contributed by atoms with Gasteiger partial charge in [-0.25, -0.2) is 4.79 Å². The van der Waals surface area contributed by atoms with E-state index >= 15 is 0 Å². The highest BCUT2D eigenvalue weighted by Crippen LogP contribution is 2.20. The number of methoxy groups -OCH3 is 1. The number of ether oxygens (including phenoxy) is 1. The van der Waals surface area contributed by atoms with E-state index in [2.05, 4.69) is 5.32 Å². The van der Waals surface area contributed by atoms with Gasteiger partial charge in [-0.2, -0.15) is 0 Å². The topological polar surface area (TPSA) is 41.6 Å². The number of carbonyl (C=O) groups is 1. The van der Waals surface area contributed by atoms with Crippen LogP contribution in [0.25, 0.3) is 6.08 Å². The number of rotatable bonds is 4. The van der Waals surface area contributed by atoms with E-state index in [1.807, 2.05) is 42.5 Å². The predicted octanol–water partition coefficient (Wildman–Crippen LogP) is 4.24. The molecule has 0 spiro atoms. The van der Waals surface area contributed by atoms with E-state index in [1.165, 1.54) is 4.90 Å². The van der Waals surface area contributed by atoms with Crippen molar-refractivity contribution in [1.29, 1.82) is 0 Å². The molecule has 24 heavy (non-hydrogen) atoms. The van der Waals surface area contributed by atoms with Crippen LogP contribution in [0.3, 0.4) is 0 Å². The van der Waals surface area contributed by atoms with Gasteiger partial charge < -0.3 is 10.1 Å². The van der Waals surface area contributed by atoms with Crippen molar-refractivity contribution in [3.05, 3.63) is 70.4 Å². The molecule has 0 saturated carbocycles. The van der Waals surface area contributed by atoms with Gasteiger partial charge in [0.1, 0.15) is 10.7 Å². The van der Waals surface area contributed by atoms with E-state index in [-0.39, 0.29) is 6.03 Å². The fourth-order valence-electron chi connectivity index (χ4n) is 2.35. The molecule has 6 heteroatoms. The third-order valence-corrected chi connectivity index (χ3v) is 4.34. The summed E-state index contributed by atoms with van der Waals surface area (Å²) in [6.07, 6.45) is 1.85. The first-order valence-electron chi connectivity index (χ1n) is 7.30. The molecule has 1 heterocycles. The third-order valence-electron chi connectivity index (χ3n) is 3.64. The molecule has 0 radical (unpaired) electrons. The van der Waals surface area contributed by atoms with E-state index < -0.39 is 0 Å². The van der Waals surface area contributed by atoms with Gasteiger partial charge in [-0.15, -0.1) is 0 Å². The van der Waals surface area contributed by atoms with Gasteiger partial charge in [-0.3, -0.25) is 4.90 Å². The summed E-state index contributed by atoms with van der Waals surface area (Å²) < 4.78 is 5.14. The maximum Gasteiger partial charge on any atom is 0.327 e. The molecule has 2 aromatic carbocycles. The number of urea groups is 1. The van der Waals surface area contributed by atoms with Crippen LogP contribution in [-0.2, 0) is 6.54 Å². The summed E-state index contributed by atoms with van der Waals surface area (Å²) >= 11 is 11.3. The molecule has 1 saturated heterocycles. The second-order valence-corrected chi connectivity index (χ2v) is 6.10. The summed E-state index contributed by atoms with van der Waals surface area (Å²) in [5, 5.41) is 3.47. The zero-order valence-electron chi connectivity index (χ0n) is 13.0. The third kappa shape index (κ3) is 3.58. The van der Waals surface area contributed by atoms with Gasteiger partial charge >= 0.3 is 6.03 Å². The van der Waals surface area contributed by atoms with Crippen LogP contribution in [-0.4, -0.2) is 23.0 Å². The van der Waals surface area contributed by atoms with Crippen molar-refractivity contribution in [3.63, 3.8) is 0 Å². The van der Waals surface area contributed by atoms with Crippen LogP contribution in [0.4, 0.5) is 4.79 Å². The largest absolute Gasteiger partial charge is 0.497 e. The summed E-state index contributed by atoms with van der Waals surface area (Å²) in [5.41, 5.74) is 2.51. The van der Waals surface area contributed by atoms with E-state index in [9.17, 15) is 4.79 Å². The second kappa shape index (κ2) is 7.03. The standard InChI is InChI=1S/C18H15ClN2O2S/c1-23-15-8-4-12(5-9-15)10-16-17(24)21(18(22)20-16)11-13-2-6-14(19)7-3-13/h2-10H,11H2,1H3,(H,20,22)/b16-10+. The van der Waals surface area contributed by atoms with Gasteiger partial charge in [0.25, 0.3) is 0 Å². The van der Waals surface area contributed by atoms with Crippen molar-refractivity contribution in [2.45, 2.75) is 6.54 Å². The number of amides is 2. The van der Waals surface area contributed by atoms with Gasteiger partial charge in [0.2, 0.25) is 0 Å². The summed E-state index contributed by atoms with van der Waals surface area (Å²) in [6, 6.07) is 14.6. The van der Waals surface area contributed by atoms with E-state index in [0.29, 0.717) is 22.3 Å². The number of nitrogens with zero attached hydrogens (tertiary/aromatic N) is 1. The molecule has 2 aromatic rings. The van der Waals surface area contributed by atoms with Crippen molar-refractivity contribution < 1.29 is 9.53 Å². The van der Waals surface area contributed by atoms with Crippen LogP contribution in [0.5, 0.6) is 5.75 Å².